The predicted octanol–water partition coefficient (Wildman–Crippen LogP) is 3.05. The maximum absolute atomic E-state index is 6.08. The van der Waals surface area contributed by atoms with Crippen LogP contribution in [0, 0.1) is 0 Å². The quantitative estimate of drug-likeness (QED) is 0.814. The summed E-state index contributed by atoms with van der Waals surface area (Å²) in [6, 6.07) is 6.43. The van der Waals surface area contributed by atoms with Crippen LogP contribution in [0.5, 0.6) is 5.75 Å². The van der Waals surface area contributed by atoms with Gasteiger partial charge in [0.2, 0.25) is 0 Å². The van der Waals surface area contributed by atoms with Gasteiger partial charge in [0, 0.05) is 30.8 Å². The second kappa shape index (κ2) is 7.73. The first-order valence-corrected chi connectivity index (χ1v) is 7.39. The van der Waals surface area contributed by atoms with Crippen LogP contribution >= 0.6 is 11.6 Å². The summed E-state index contributed by atoms with van der Waals surface area (Å²) in [4.78, 5) is 0. The SMILES string of the molecule is CCc1cc(OCCNC2CCOCC2)ccc1Cl. The summed E-state index contributed by atoms with van der Waals surface area (Å²) >= 11 is 6.08. The van der Waals surface area contributed by atoms with Gasteiger partial charge in [0.05, 0.1) is 0 Å². The summed E-state index contributed by atoms with van der Waals surface area (Å²) in [5.41, 5.74) is 1.14. The molecule has 0 radical (unpaired) electrons. The van der Waals surface area contributed by atoms with Crippen LogP contribution in [-0.2, 0) is 11.2 Å². The average Bonchev–Trinajstić information content (AvgIpc) is 2.46. The van der Waals surface area contributed by atoms with E-state index in [1.807, 2.05) is 18.2 Å². The van der Waals surface area contributed by atoms with Crippen LogP contribution in [0.15, 0.2) is 18.2 Å². The van der Waals surface area contributed by atoms with E-state index in [-0.39, 0.29) is 0 Å². The normalized spacial score (nSPS) is 16.5. The molecule has 106 valence electrons. The van der Waals surface area contributed by atoms with Crippen molar-refractivity contribution in [2.24, 2.45) is 0 Å². The van der Waals surface area contributed by atoms with Gasteiger partial charge in [-0.2, -0.15) is 0 Å². The van der Waals surface area contributed by atoms with Crippen LogP contribution in [-0.4, -0.2) is 32.4 Å². The number of hydrogen-bond acceptors (Lipinski definition) is 3. The molecule has 0 unspecified atom stereocenters. The van der Waals surface area contributed by atoms with E-state index in [0.29, 0.717) is 12.6 Å². The van der Waals surface area contributed by atoms with Crippen LogP contribution in [0.3, 0.4) is 0 Å². The molecule has 0 aliphatic carbocycles. The zero-order valence-electron chi connectivity index (χ0n) is 11.5. The molecule has 1 heterocycles. The van der Waals surface area contributed by atoms with Gasteiger partial charge in [0.15, 0.2) is 0 Å². The Hall–Kier alpha value is -0.770. The third-order valence-electron chi connectivity index (χ3n) is 3.42. The maximum atomic E-state index is 6.08. The molecular formula is C15H22ClNO2. The molecule has 1 aliphatic rings. The zero-order chi connectivity index (χ0) is 13.5. The Morgan fingerprint density at radius 3 is 2.89 bits per heavy atom. The lowest BCUT2D eigenvalue weighted by molar-refractivity contribution is 0.0770. The number of nitrogens with one attached hydrogen (secondary N) is 1. The lowest BCUT2D eigenvalue weighted by Crippen LogP contribution is -2.37. The molecule has 3 nitrogen and oxygen atoms in total. The Labute approximate surface area is 120 Å². The molecule has 1 saturated heterocycles. The Balaban J connectivity index is 1.70. The van der Waals surface area contributed by atoms with E-state index < -0.39 is 0 Å². The number of aryl methyl sites for hydroxylation is 1. The van der Waals surface area contributed by atoms with E-state index in [4.69, 9.17) is 21.1 Å². The van der Waals surface area contributed by atoms with E-state index in [9.17, 15) is 0 Å². The van der Waals surface area contributed by atoms with Gasteiger partial charge in [-0.1, -0.05) is 18.5 Å². The van der Waals surface area contributed by atoms with Gasteiger partial charge in [0.1, 0.15) is 12.4 Å². The highest BCUT2D eigenvalue weighted by Gasteiger charge is 2.12. The largest absolute Gasteiger partial charge is 0.492 e. The first-order chi connectivity index (χ1) is 9.29. The monoisotopic (exact) mass is 283 g/mol. The molecule has 2 rings (SSSR count). The molecule has 0 amide bonds. The summed E-state index contributed by atoms with van der Waals surface area (Å²) in [7, 11) is 0. The summed E-state index contributed by atoms with van der Waals surface area (Å²) in [5, 5.41) is 4.32. The van der Waals surface area contributed by atoms with E-state index in [2.05, 4.69) is 12.2 Å². The zero-order valence-corrected chi connectivity index (χ0v) is 12.2. The first kappa shape index (κ1) is 14.6. The van der Waals surface area contributed by atoms with Gasteiger partial charge in [0.25, 0.3) is 0 Å². The number of rotatable bonds is 6. The minimum atomic E-state index is 0.578. The Morgan fingerprint density at radius 2 is 2.16 bits per heavy atom. The van der Waals surface area contributed by atoms with Crippen LogP contribution in [0.25, 0.3) is 0 Å². The fourth-order valence-electron chi connectivity index (χ4n) is 2.25. The molecule has 1 fully saturated rings. The Bertz CT molecular complexity index is 392. The van der Waals surface area contributed by atoms with Crippen molar-refractivity contribution in [3.8, 4) is 5.75 Å². The molecule has 0 saturated carbocycles. The second-order valence-corrected chi connectivity index (χ2v) is 5.20. The van der Waals surface area contributed by atoms with Gasteiger partial charge in [-0.3, -0.25) is 0 Å². The number of benzene rings is 1. The van der Waals surface area contributed by atoms with Crippen molar-refractivity contribution in [2.75, 3.05) is 26.4 Å². The number of halogens is 1. The molecule has 0 atom stereocenters. The lowest BCUT2D eigenvalue weighted by atomic mass is 10.1. The fraction of sp³-hybridized carbons (Fsp3) is 0.600. The van der Waals surface area contributed by atoms with Crippen molar-refractivity contribution in [3.05, 3.63) is 28.8 Å². The smallest absolute Gasteiger partial charge is 0.119 e. The molecule has 1 aromatic rings. The van der Waals surface area contributed by atoms with Crippen molar-refractivity contribution in [2.45, 2.75) is 32.2 Å². The summed E-state index contributed by atoms with van der Waals surface area (Å²) < 4.78 is 11.1. The summed E-state index contributed by atoms with van der Waals surface area (Å²) in [6.45, 7) is 5.39. The van der Waals surface area contributed by atoms with Gasteiger partial charge in [-0.15, -0.1) is 0 Å². The van der Waals surface area contributed by atoms with E-state index >= 15 is 0 Å². The van der Waals surface area contributed by atoms with Gasteiger partial charge >= 0.3 is 0 Å². The van der Waals surface area contributed by atoms with Crippen LogP contribution < -0.4 is 10.1 Å². The highest BCUT2D eigenvalue weighted by molar-refractivity contribution is 6.31. The minimum absolute atomic E-state index is 0.578. The maximum Gasteiger partial charge on any atom is 0.119 e. The van der Waals surface area contributed by atoms with E-state index in [1.165, 1.54) is 0 Å². The Kier molecular flexibility index (Phi) is 5.95. The van der Waals surface area contributed by atoms with E-state index in [0.717, 1.165) is 55.4 Å². The van der Waals surface area contributed by atoms with Gasteiger partial charge in [-0.25, -0.2) is 0 Å². The topological polar surface area (TPSA) is 30.5 Å². The molecule has 1 aromatic carbocycles. The lowest BCUT2D eigenvalue weighted by Gasteiger charge is -2.23. The molecule has 4 heteroatoms. The predicted molar refractivity (Wildman–Crippen MR) is 78.2 cm³/mol. The molecule has 0 bridgehead atoms. The fourth-order valence-corrected chi connectivity index (χ4v) is 2.50. The highest BCUT2D eigenvalue weighted by atomic mass is 35.5. The molecule has 1 N–H and O–H groups in total. The van der Waals surface area contributed by atoms with Gasteiger partial charge < -0.3 is 14.8 Å². The van der Waals surface area contributed by atoms with Crippen LogP contribution in [0.2, 0.25) is 5.02 Å². The Morgan fingerprint density at radius 1 is 1.37 bits per heavy atom. The van der Waals surface area contributed by atoms with Crippen molar-refractivity contribution >= 4 is 11.6 Å². The van der Waals surface area contributed by atoms with Gasteiger partial charge in [-0.05, 0) is 43.0 Å². The minimum Gasteiger partial charge on any atom is -0.492 e. The third kappa shape index (κ3) is 4.68. The van der Waals surface area contributed by atoms with Crippen molar-refractivity contribution in [1.29, 1.82) is 0 Å². The van der Waals surface area contributed by atoms with Crippen LogP contribution in [0.1, 0.15) is 25.3 Å². The molecule has 0 spiro atoms. The highest BCUT2D eigenvalue weighted by Crippen LogP contribution is 2.22. The summed E-state index contributed by atoms with van der Waals surface area (Å²) in [6.07, 6.45) is 3.12. The second-order valence-electron chi connectivity index (χ2n) is 4.80. The molecule has 1 aliphatic heterocycles. The van der Waals surface area contributed by atoms with E-state index in [1.54, 1.807) is 0 Å². The van der Waals surface area contributed by atoms with Crippen molar-refractivity contribution in [3.63, 3.8) is 0 Å². The number of hydrogen-bond donors (Lipinski definition) is 1. The summed E-state index contributed by atoms with van der Waals surface area (Å²) in [5.74, 6) is 0.898. The molecular weight excluding hydrogens is 262 g/mol. The standard InChI is InChI=1S/C15H22ClNO2/c1-2-12-11-14(3-4-15(12)16)19-10-7-17-13-5-8-18-9-6-13/h3-4,11,13,17H,2,5-10H2,1H3. The number of ether oxygens (including phenoxy) is 2. The average molecular weight is 284 g/mol. The van der Waals surface area contributed by atoms with Crippen LogP contribution in [0.4, 0.5) is 0 Å². The van der Waals surface area contributed by atoms with Crippen molar-refractivity contribution in [1.82, 2.24) is 5.32 Å². The van der Waals surface area contributed by atoms with Crippen molar-refractivity contribution < 1.29 is 9.47 Å². The first-order valence-electron chi connectivity index (χ1n) is 7.02. The molecule has 19 heavy (non-hydrogen) atoms. The molecule has 0 aromatic heterocycles. The third-order valence-corrected chi connectivity index (χ3v) is 3.79.